The van der Waals surface area contributed by atoms with Crippen LogP contribution in [-0.2, 0) is 0 Å². The minimum absolute atomic E-state index is 0.293. The molecule has 3 atom stereocenters. The third-order valence-corrected chi connectivity index (χ3v) is 2.79. The summed E-state index contributed by atoms with van der Waals surface area (Å²) < 4.78 is 5.60. The van der Waals surface area contributed by atoms with Crippen molar-refractivity contribution >= 4 is 0 Å². The molecule has 14 heavy (non-hydrogen) atoms. The van der Waals surface area contributed by atoms with Crippen LogP contribution in [0.3, 0.4) is 0 Å². The van der Waals surface area contributed by atoms with E-state index in [1.807, 2.05) is 19.1 Å². The van der Waals surface area contributed by atoms with Crippen molar-refractivity contribution in [2.24, 2.45) is 5.73 Å². The monoisotopic (exact) mass is 194 g/mol. The Morgan fingerprint density at radius 2 is 2.21 bits per heavy atom. The summed E-state index contributed by atoms with van der Waals surface area (Å²) in [6.07, 6.45) is 2.02. The standard InChI is InChI=1S/C11H18N2O/c1-7-5-9(12)6-10(13-7)11-4-3-8(2)14-11/h3-4,7,9-10,13H,5-6,12H2,1-2H3/t7-,9-,10-/m0/s1. The van der Waals surface area contributed by atoms with Crippen LogP contribution >= 0.6 is 0 Å². The third-order valence-electron chi connectivity index (χ3n) is 2.79. The highest BCUT2D eigenvalue weighted by Crippen LogP contribution is 2.26. The maximum atomic E-state index is 5.98. The topological polar surface area (TPSA) is 51.2 Å². The average Bonchev–Trinajstić information content (AvgIpc) is 2.50. The van der Waals surface area contributed by atoms with Crippen LogP contribution in [0.15, 0.2) is 16.5 Å². The average molecular weight is 194 g/mol. The Morgan fingerprint density at radius 1 is 1.43 bits per heavy atom. The Kier molecular flexibility index (Phi) is 2.61. The molecule has 1 aromatic rings. The molecular formula is C11H18N2O. The van der Waals surface area contributed by atoms with E-state index in [1.54, 1.807) is 0 Å². The van der Waals surface area contributed by atoms with Crippen LogP contribution in [-0.4, -0.2) is 12.1 Å². The fourth-order valence-corrected chi connectivity index (χ4v) is 2.17. The number of furan rings is 1. The minimum atomic E-state index is 0.293. The molecule has 2 rings (SSSR count). The number of nitrogens with two attached hydrogens (primary N) is 1. The highest BCUT2D eigenvalue weighted by Gasteiger charge is 2.26. The van der Waals surface area contributed by atoms with E-state index in [9.17, 15) is 0 Å². The predicted octanol–water partition coefficient (Wildman–Crippen LogP) is 1.73. The molecular weight excluding hydrogens is 176 g/mol. The molecule has 0 unspecified atom stereocenters. The van der Waals surface area contributed by atoms with Crippen LogP contribution in [0.1, 0.15) is 37.3 Å². The van der Waals surface area contributed by atoms with Gasteiger partial charge in [-0.3, -0.25) is 0 Å². The van der Waals surface area contributed by atoms with Crippen molar-refractivity contribution < 1.29 is 4.42 Å². The molecule has 0 aromatic carbocycles. The zero-order chi connectivity index (χ0) is 10.1. The van der Waals surface area contributed by atoms with Gasteiger partial charge in [-0.15, -0.1) is 0 Å². The van der Waals surface area contributed by atoms with Crippen LogP contribution in [0.25, 0.3) is 0 Å². The quantitative estimate of drug-likeness (QED) is 0.715. The number of piperidine rings is 1. The first-order valence-electron chi connectivity index (χ1n) is 5.23. The van der Waals surface area contributed by atoms with E-state index in [0.717, 1.165) is 24.4 Å². The number of nitrogens with one attached hydrogen (secondary N) is 1. The van der Waals surface area contributed by atoms with Crippen molar-refractivity contribution in [2.75, 3.05) is 0 Å². The van der Waals surface area contributed by atoms with E-state index in [1.165, 1.54) is 0 Å². The van der Waals surface area contributed by atoms with Crippen LogP contribution in [0.4, 0.5) is 0 Å². The van der Waals surface area contributed by atoms with E-state index in [2.05, 4.69) is 12.2 Å². The zero-order valence-electron chi connectivity index (χ0n) is 8.79. The van der Waals surface area contributed by atoms with Crippen LogP contribution in [0.2, 0.25) is 0 Å². The summed E-state index contributed by atoms with van der Waals surface area (Å²) in [5.41, 5.74) is 5.98. The van der Waals surface area contributed by atoms with Gasteiger partial charge in [-0.2, -0.15) is 0 Å². The Morgan fingerprint density at radius 3 is 2.79 bits per heavy atom. The smallest absolute Gasteiger partial charge is 0.121 e. The summed E-state index contributed by atoms with van der Waals surface area (Å²) in [6.45, 7) is 4.14. The summed E-state index contributed by atoms with van der Waals surface area (Å²) >= 11 is 0. The first-order chi connectivity index (χ1) is 6.65. The second-order valence-electron chi connectivity index (χ2n) is 4.30. The van der Waals surface area contributed by atoms with Crippen molar-refractivity contribution in [3.05, 3.63) is 23.7 Å². The van der Waals surface area contributed by atoms with E-state index < -0.39 is 0 Å². The Bertz CT molecular complexity index is 298. The fourth-order valence-electron chi connectivity index (χ4n) is 2.17. The highest BCUT2D eigenvalue weighted by molar-refractivity contribution is 5.11. The van der Waals surface area contributed by atoms with Gasteiger partial charge < -0.3 is 15.5 Å². The molecule has 78 valence electrons. The third kappa shape index (κ3) is 1.99. The van der Waals surface area contributed by atoms with Crippen molar-refractivity contribution in [3.8, 4) is 0 Å². The molecule has 1 aliphatic rings. The molecule has 3 nitrogen and oxygen atoms in total. The molecule has 0 spiro atoms. The molecule has 1 fully saturated rings. The SMILES string of the molecule is Cc1ccc([C@@H]2C[C@@H](N)C[C@H](C)N2)o1. The Labute approximate surface area is 84.7 Å². The molecule has 0 amide bonds. The Balaban J connectivity index is 2.10. The van der Waals surface area contributed by atoms with E-state index in [4.69, 9.17) is 10.2 Å². The van der Waals surface area contributed by atoms with Gasteiger partial charge in [-0.25, -0.2) is 0 Å². The molecule has 3 heteroatoms. The van der Waals surface area contributed by atoms with Gasteiger partial charge in [0.1, 0.15) is 11.5 Å². The second-order valence-corrected chi connectivity index (χ2v) is 4.30. The summed E-state index contributed by atoms with van der Waals surface area (Å²) in [6, 6.07) is 5.11. The summed E-state index contributed by atoms with van der Waals surface area (Å²) in [5, 5.41) is 3.50. The Hall–Kier alpha value is -0.800. The highest BCUT2D eigenvalue weighted by atomic mass is 16.3. The van der Waals surface area contributed by atoms with Crippen molar-refractivity contribution in [1.82, 2.24) is 5.32 Å². The maximum absolute atomic E-state index is 5.98. The van der Waals surface area contributed by atoms with Crippen molar-refractivity contribution in [2.45, 2.75) is 44.8 Å². The first kappa shape index (κ1) is 9.74. The molecule has 1 saturated heterocycles. The number of hydrogen-bond donors (Lipinski definition) is 2. The number of rotatable bonds is 1. The molecule has 2 heterocycles. The molecule has 0 radical (unpaired) electrons. The van der Waals surface area contributed by atoms with Gasteiger partial charge in [-0.05, 0) is 38.8 Å². The molecule has 1 aliphatic heterocycles. The van der Waals surface area contributed by atoms with Gasteiger partial charge in [0.05, 0.1) is 6.04 Å². The largest absolute Gasteiger partial charge is 0.465 e. The lowest BCUT2D eigenvalue weighted by Gasteiger charge is -2.31. The van der Waals surface area contributed by atoms with Gasteiger partial charge >= 0.3 is 0 Å². The van der Waals surface area contributed by atoms with Gasteiger partial charge in [0.15, 0.2) is 0 Å². The molecule has 0 saturated carbocycles. The summed E-state index contributed by atoms with van der Waals surface area (Å²) in [7, 11) is 0. The first-order valence-corrected chi connectivity index (χ1v) is 5.23. The summed E-state index contributed by atoms with van der Waals surface area (Å²) in [5.74, 6) is 1.98. The van der Waals surface area contributed by atoms with E-state index >= 15 is 0 Å². The van der Waals surface area contributed by atoms with E-state index in [0.29, 0.717) is 18.1 Å². The second kappa shape index (κ2) is 3.75. The predicted molar refractivity (Wildman–Crippen MR) is 56.0 cm³/mol. The van der Waals surface area contributed by atoms with Gasteiger partial charge in [0.25, 0.3) is 0 Å². The molecule has 0 bridgehead atoms. The van der Waals surface area contributed by atoms with Gasteiger partial charge in [0, 0.05) is 12.1 Å². The van der Waals surface area contributed by atoms with Gasteiger partial charge in [-0.1, -0.05) is 0 Å². The molecule has 0 aliphatic carbocycles. The van der Waals surface area contributed by atoms with E-state index in [-0.39, 0.29) is 0 Å². The molecule has 3 N–H and O–H groups in total. The van der Waals surface area contributed by atoms with Crippen LogP contribution < -0.4 is 11.1 Å². The lowest BCUT2D eigenvalue weighted by molar-refractivity contribution is 0.273. The lowest BCUT2D eigenvalue weighted by Crippen LogP contribution is -2.44. The fraction of sp³-hybridized carbons (Fsp3) is 0.636. The summed E-state index contributed by atoms with van der Waals surface area (Å²) in [4.78, 5) is 0. The lowest BCUT2D eigenvalue weighted by atomic mass is 9.94. The van der Waals surface area contributed by atoms with Gasteiger partial charge in [0.2, 0.25) is 0 Å². The van der Waals surface area contributed by atoms with Crippen LogP contribution in [0, 0.1) is 6.92 Å². The number of aryl methyl sites for hydroxylation is 1. The maximum Gasteiger partial charge on any atom is 0.121 e. The van der Waals surface area contributed by atoms with Crippen LogP contribution in [0.5, 0.6) is 0 Å². The molecule has 1 aromatic heterocycles. The van der Waals surface area contributed by atoms with Crippen molar-refractivity contribution in [1.29, 1.82) is 0 Å². The number of hydrogen-bond acceptors (Lipinski definition) is 3. The minimum Gasteiger partial charge on any atom is -0.465 e. The zero-order valence-corrected chi connectivity index (χ0v) is 8.79. The normalized spacial score (nSPS) is 33.2. The van der Waals surface area contributed by atoms with Crippen molar-refractivity contribution in [3.63, 3.8) is 0 Å².